The van der Waals surface area contributed by atoms with Crippen LogP contribution in [0.2, 0.25) is 0 Å². The number of hydrogen-bond donors (Lipinski definition) is 0. The zero-order valence-electron chi connectivity index (χ0n) is 14.9. The maximum absolute atomic E-state index is 12.9. The molecule has 2 aliphatic heterocycles. The number of nitriles is 1. The molecule has 5 nitrogen and oxygen atoms in total. The number of carbonyl (C=O) groups excluding carboxylic acids is 2. The van der Waals surface area contributed by atoms with E-state index >= 15 is 0 Å². The fourth-order valence-electron chi connectivity index (χ4n) is 4.44. The Bertz CT molecular complexity index is 808. The van der Waals surface area contributed by atoms with Crippen LogP contribution in [0.3, 0.4) is 0 Å². The monoisotopic (exact) mass is 349 g/mol. The van der Waals surface area contributed by atoms with Gasteiger partial charge in [0.1, 0.15) is 12.1 Å². The van der Waals surface area contributed by atoms with Gasteiger partial charge in [-0.25, -0.2) is 0 Å². The predicted molar refractivity (Wildman–Crippen MR) is 97.8 cm³/mol. The number of likely N-dealkylation sites (tertiary alicyclic amines) is 2. The Morgan fingerprint density at radius 2 is 1.88 bits per heavy atom. The van der Waals surface area contributed by atoms with Crippen molar-refractivity contribution in [3.63, 3.8) is 0 Å². The molecule has 0 bridgehead atoms. The van der Waals surface area contributed by atoms with Gasteiger partial charge in [0.05, 0.1) is 6.07 Å². The first kappa shape index (κ1) is 16.8. The summed E-state index contributed by atoms with van der Waals surface area (Å²) in [6.45, 7) is 1.27. The molecule has 2 fully saturated rings. The second-order valence-corrected chi connectivity index (χ2v) is 7.42. The lowest BCUT2D eigenvalue weighted by molar-refractivity contribution is -0.143. The summed E-state index contributed by atoms with van der Waals surface area (Å²) >= 11 is 0. The normalized spacial score (nSPS) is 24.3. The number of carbonyl (C=O) groups is 2. The molecule has 2 atom stereocenters. The van der Waals surface area contributed by atoms with Crippen molar-refractivity contribution in [2.45, 2.75) is 50.6 Å². The Hall–Kier alpha value is -2.61. The Labute approximate surface area is 153 Å². The van der Waals surface area contributed by atoms with Crippen LogP contribution in [0, 0.1) is 11.3 Å². The van der Waals surface area contributed by atoms with Gasteiger partial charge in [-0.15, -0.1) is 0 Å². The van der Waals surface area contributed by atoms with Gasteiger partial charge >= 0.3 is 0 Å². The minimum Gasteiger partial charge on any atom is -0.330 e. The Kier molecular flexibility index (Phi) is 4.50. The smallest absolute Gasteiger partial charge is 0.246 e. The molecule has 1 aromatic rings. The van der Waals surface area contributed by atoms with Gasteiger partial charge in [0.2, 0.25) is 11.8 Å². The van der Waals surface area contributed by atoms with E-state index < -0.39 is 0 Å². The summed E-state index contributed by atoms with van der Waals surface area (Å²) in [6, 6.07) is 9.71. The van der Waals surface area contributed by atoms with Crippen LogP contribution in [-0.4, -0.2) is 46.8 Å². The van der Waals surface area contributed by atoms with Crippen LogP contribution in [0.5, 0.6) is 0 Å². The van der Waals surface area contributed by atoms with Gasteiger partial charge in [0.25, 0.3) is 0 Å². The molecule has 4 rings (SSSR count). The first-order chi connectivity index (χ1) is 12.7. The van der Waals surface area contributed by atoms with Gasteiger partial charge in [-0.3, -0.25) is 9.59 Å². The van der Waals surface area contributed by atoms with Crippen molar-refractivity contribution in [2.24, 2.45) is 0 Å². The van der Waals surface area contributed by atoms with Crippen molar-refractivity contribution in [3.8, 4) is 6.07 Å². The van der Waals surface area contributed by atoms with Gasteiger partial charge in [0, 0.05) is 19.5 Å². The van der Waals surface area contributed by atoms with Gasteiger partial charge in [-0.05, 0) is 43.2 Å². The molecule has 5 heteroatoms. The molecule has 1 aliphatic carbocycles. The molecule has 3 aliphatic rings. The van der Waals surface area contributed by atoms with Gasteiger partial charge in [-0.2, -0.15) is 5.26 Å². The van der Waals surface area contributed by atoms with Crippen LogP contribution in [-0.2, 0) is 16.0 Å². The van der Waals surface area contributed by atoms with E-state index in [-0.39, 0.29) is 23.9 Å². The van der Waals surface area contributed by atoms with Gasteiger partial charge < -0.3 is 9.80 Å². The average molecular weight is 349 g/mol. The standard InChI is InChI=1S/C21H23N3O2/c22-14-18-7-3-9-23(18)21(26)19-8-4-10-24(19)20(25)13-15-11-16-5-1-2-6-17(16)12-15/h1-2,5-6,11,18-19H,3-4,7-10,12-13H2/t18-,19+/m0/s1. The summed E-state index contributed by atoms with van der Waals surface area (Å²) in [5.41, 5.74) is 3.57. The first-order valence-corrected chi connectivity index (χ1v) is 9.44. The van der Waals surface area contributed by atoms with Crippen LogP contribution >= 0.6 is 0 Å². The molecule has 0 aromatic heterocycles. The average Bonchev–Trinajstić information content (AvgIpc) is 3.38. The molecule has 0 spiro atoms. The molecule has 0 unspecified atom stereocenters. The number of benzene rings is 1. The third-order valence-electron chi connectivity index (χ3n) is 5.75. The van der Waals surface area contributed by atoms with E-state index in [9.17, 15) is 14.9 Å². The molecule has 0 radical (unpaired) electrons. The zero-order valence-corrected chi connectivity index (χ0v) is 14.9. The second-order valence-electron chi connectivity index (χ2n) is 7.42. The van der Waals surface area contributed by atoms with Crippen molar-refractivity contribution in [1.82, 2.24) is 9.80 Å². The Morgan fingerprint density at radius 1 is 1.12 bits per heavy atom. The third kappa shape index (κ3) is 3.01. The third-order valence-corrected chi connectivity index (χ3v) is 5.75. The number of rotatable bonds is 3. The van der Waals surface area contributed by atoms with E-state index in [0.29, 0.717) is 25.9 Å². The molecule has 2 saturated heterocycles. The highest BCUT2D eigenvalue weighted by Gasteiger charge is 2.40. The molecule has 0 saturated carbocycles. The lowest BCUT2D eigenvalue weighted by atomic mass is 10.1. The zero-order chi connectivity index (χ0) is 18.1. The summed E-state index contributed by atoms with van der Waals surface area (Å²) in [6.07, 6.45) is 6.47. The molecule has 2 amide bonds. The topological polar surface area (TPSA) is 64.4 Å². The highest BCUT2D eigenvalue weighted by atomic mass is 16.2. The van der Waals surface area contributed by atoms with Crippen molar-refractivity contribution in [3.05, 3.63) is 41.0 Å². The van der Waals surface area contributed by atoms with Crippen molar-refractivity contribution >= 4 is 17.9 Å². The maximum Gasteiger partial charge on any atom is 0.246 e. The summed E-state index contributed by atoms with van der Waals surface area (Å²) in [5.74, 6) is -0.00352. The van der Waals surface area contributed by atoms with Crippen molar-refractivity contribution in [2.75, 3.05) is 13.1 Å². The van der Waals surface area contributed by atoms with Crippen molar-refractivity contribution < 1.29 is 9.59 Å². The SMILES string of the molecule is N#C[C@@H]1CCCN1C(=O)[C@H]1CCCN1C(=O)CC1=Cc2ccccc2C1. The predicted octanol–water partition coefficient (Wildman–Crippen LogP) is 2.52. The van der Waals surface area contributed by atoms with Crippen LogP contribution in [0.25, 0.3) is 6.08 Å². The van der Waals surface area contributed by atoms with Gasteiger partial charge in [0.15, 0.2) is 0 Å². The lowest BCUT2D eigenvalue weighted by Crippen LogP contribution is -2.49. The number of hydrogen-bond acceptors (Lipinski definition) is 3. The van der Waals surface area contributed by atoms with E-state index in [4.69, 9.17) is 0 Å². The molecule has 0 N–H and O–H groups in total. The minimum absolute atomic E-state index is 0.0348. The minimum atomic E-state index is -0.388. The summed E-state index contributed by atoms with van der Waals surface area (Å²) < 4.78 is 0. The Morgan fingerprint density at radius 3 is 2.69 bits per heavy atom. The molecule has 134 valence electrons. The van der Waals surface area contributed by atoms with E-state index in [1.807, 2.05) is 12.1 Å². The molecule has 1 aromatic carbocycles. The van der Waals surface area contributed by atoms with Crippen LogP contribution in [0.4, 0.5) is 0 Å². The summed E-state index contributed by atoms with van der Waals surface area (Å²) in [5, 5.41) is 9.25. The van der Waals surface area contributed by atoms with Crippen LogP contribution in [0.1, 0.15) is 43.2 Å². The quantitative estimate of drug-likeness (QED) is 0.842. The Balaban J connectivity index is 1.43. The number of fused-ring (bicyclic) bond motifs is 1. The second kappa shape index (κ2) is 6.95. The molecule has 26 heavy (non-hydrogen) atoms. The number of amides is 2. The fourth-order valence-corrected chi connectivity index (χ4v) is 4.44. The largest absolute Gasteiger partial charge is 0.330 e. The fraction of sp³-hybridized carbons (Fsp3) is 0.476. The summed E-state index contributed by atoms with van der Waals surface area (Å²) in [4.78, 5) is 29.2. The maximum atomic E-state index is 12.9. The van der Waals surface area contributed by atoms with E-state index in [1.165, 1.54) is 11.1 Å². The van der Waals surface area contributed by atoms with Gasteiger partial charge in [-0.1, -0.05) is 35.9 Å². The first-order valence-electron chi connectivity index (χ1n) is 9.44. The molecular formula is C21H23N3O2. The van der Waals surface area contributed by atoms with Crippen LogP contribution in [0.15, 0.2) is 29.8 Å². The number of nitrogens with zero attached hydrogens (tertiary/aromatic N) is 3. The lowest BCUT2D eigenvalue weighted by Gasteiger charge is -2.29. The van der Waals surface area contributed by atoms with E-state index in [1.54, 1.807) is 9.80 Å². The highest BCUT2D eigenvalue weighted by Crippen LogP contribution is 2.29. The molecular weight excluding hydrogens is 326 g/mol. The summed E-state index contributed by atoms with van der Waals surface area (Å²) in [7, 11) is 0. The molecule has 2 heterocycles. The van der Waals surface area contributed by atoms with E-state index in [0.717, 1.165) is 31.3 Å². The van der Waals surface area contributed by atoms with E-state index in [2.05, 4.69) is 24.3 Å². The highest BCUT2D eigenvalue weighted by molar-refractivity contribution is 5.90. The van der Waals surface area contributed by atoms with Crippen molar-refractivity contribution in [1.29, 1.82) is 5.26 Å². The van der Waals surface area contributed by atoms with Crippen LogP contribution < -0.4 is 0 Å².